The van der Waals surface area contributed by atoms with Crippen LogP contribution < -0.4 is 11.5 Å². The molecule has 6 N–H and O–H groups in total. The Bertz CT molecular complexity index is 576. The van der Waals surface area contributed by atoms with E-state index in [9.17, 15) is 19.2 Å². The normalized spacial score (nSPS) is 12.8. The molecule has 0 aliphatic rings. The van der Waals surface area contributed by atoms with Crippen molar-refractivity contribution in [2.75, 3.05) is 13.2 Å². The third kappa shape index (κ3) is 19.3. The predicted molar refractivity (Wildman–Crippen MR) is 115 cm³/mol. The molecule has 10 heteroatoms. The number of carbonyl (C=O) groups excluding carboxylic acids is 2. The first-order chi connectivity index (χ1) is 14.4. The van der Waals surface area contributed by atoms with Crippen LogP contribution in [0.2, 0.25) is 0 Å². The summed E-state index contributed by atoms with van der Waals surface area (Å²) in [7, 11) is 0. The summed E-state index contributed by atoms with van der Waals surface area (Å²) in [6.07, 6.45) is 5.03. The quantitative estimate of drug-likeness (QED) is 0.174. The van der Waals surface area contributed by atoms with Crippen molar-refractivity contribution < 1.29 is 38.9 Å². The number of carboxylic acids is 2. The van der Waals surface area contributed by atoms with E-state index in [0.717, 1.165) is 12.5 Å². The van der Waals surface area contributed by atoms with Gasteiger partial charge in [-0.25, -0.2) is 4.79 Å². The standard InChI is InChI=1S/C11H21NO4.C10H17NO4/c1-8(2)10(12)11(15)16-7-5-3-4-6-9(13)14;1-7(2)9(11)10(14)15-6-4-3-5-8(12)13/h8,10H,3-7,12H2,1-2H3,(H,13,14);3,5,7,9H,4,6,11H2,1-2H3,(H,12,13)/b;5-3-/t10-;9-/m00/s1. The van der Waals surface area contributed by atoms with Gasteiger partial charge in [-0.1, -0.05) is 33.8 Å². The number of carbonyl (C=O) groups is 4. The number of nitrogens with two attached hydrogens (primary N) is 2. The average molecular weight is 447 g/mol. The largest absolute Gasteiger partial charge is 0.481 e. The van der Waals surface area contributed by atoms with Gasteiger partial charge in [0.25, 0.3) is 0 Å². The molecule has 0 aliphatic heterocycles. The Morgan fingerprint density at radius 3 is 1.71 bits per heavy atom. The highest BCUT2D eigenvalue weighted by Crippen LogP contribution is 2.04. The van der Waals surface area contributed by atoms with E-state index in [2.05, 4.69) is 0 Å². The lowest BCUT2D eigenvalue weighted by Gasteiger charge is -2.14. The monoisotopic (exact) mass is 446 g/mol. The summed E-state index contributed by atoms with van der Waals surface area (Å²) >= 11 is 0. The highest BCUT2D eigenvalue weighted by atomic mass is 16.5. The lowest BCUT2D eigenvalue weighted by molar-refractivity contribution is -0.147. The van der Waals surface area contributed by atoms with Gasteiger partial charge in [0.15, 0.2) is 0 Å². The van der Waals surface area contributed by atoms with E-state index >= 15 is 0 Å². The molecule has 0 aromatic carbocycles. The molecule has 10 nitrogen and oxygen atoms in total. The highest BCUT2D eigenvalue weighted by molar-refractivity contribution is 5.79. The molecule has 0 radical (unpaired) electrons. The molecular formula is C21H38N2O8. The first-order valence-corrected chi connectivity index (χ1v) is 10.4. The first-order valence-electron chi connectivity index (χ1n) is 10.4. The van der Waals surface area contributed by atoms with Crippen LogP contribution in [0.3, 0.4) is 0 Å². The maximum Gasteiger partial charge on any atom is 0.327 e. The molecule has 0 amide bonds. The maximum atomic E-state index is 11.3. The molecule has 0 bridgehead atoms. The molecule has 0 fully saturated rings. The number of hydrogen-bond acceptors (Lipinski definition) is 8. The molecule has 0 saturated carbocycles. The second-order valence-electron chi connectivity index (χ2n) is 7.61. The fourth-order valence-electron chi connectivity index (χ4n) is 1.88. The Balaban J connectivity index is 0. The van der Waals surface area contributed by atoms with Gasteiger partial charge in [-0.15, -0.1) is 0 Å². The van der Waals surface area contributed by atoms with Gasteiger partial charge in [-0.3, -0.25) is 14.4 Å². The minimum Gasteiger partial charge on any atom is -0.481 e. The lowest BCUT2D eigenvalue weighted by atomic mass is 10.1. The predicted octanol–water partition coefficient (Wildman–Crippen LogP) is 1.70. The van der Waals surface area contributed by atoms with Crippen LogP contribution in [0.15, 0.2) is 12.2 Å². The molecule has 0 aliphatic carbocycles. The minimum atomic E-state index is -1.01. The van der Waals surface area contributed by atoms with Gasteiger partial charge in [0, 0.05) is 18.9 Å². The topological polar surface area (TPSA) is 179 Å². The van der Waals surface area contributed by atoms with Crippen molar-refractivity contribution in [3.05, 3.63) is 12.2 Å². The Labute approximate surface area is 183 Å². The first kappa shape index (κ1) is 30.7. The molecule has 0 spiro atoms. The molecule has 0 aromatic rings. The zero-order chi connectivity index (χ0) is 24.4. The summed E-state index contributed by atoms with van der Waals surface area (Å²) in [4.78, 5) is 42.8. The Morgan fingerprint density at radius 1 is 0.806 bits per heavy atom. The van der Waals surface area contributed by atoms with Crippen LogP contribution in [0.4, 0.5) is 0 Å². The molecule has 31 heavy (non-hydrogen) atoms. The second-order valence-corrected chi connectivity index (χ2v) is 7.61. The summed E-state index contributed by atoms with van der Waals surface area (Å²) in [5.74, 6) is -2.53. The molecule has 180 valence electrons. The fourth-order valence-corrected chi connectivity index (χ4v) is 1.88. The van der Waals surface area contributed by atoms with Crippen molar-refractivity contribution in [2.24, 2.45) is 23.3 Å². The van der Waals surface area contributed by atoms with E-state index in [-0.39, 0.29) is 30.8 Å². The Kier molecular flexibility index (Phi) is 18.2. The molecular weight excluding hydrogens is 408 g/mol. The smallest absolute Gasteiger partial charge is 0.327 e. The van der Waals surface area contributed by atoms with Gasteiger partial charge in [-0.2, -0.15) is 0 Å². The maximum absolute atomic E-state index is 11.3. The van der Waals surface area contributed by atoms with Gasteiger partial charge >= 0.3 is 23.9 Å². The minimum absolute atomic E-state index is 0.0343. The summed E-state index contributed by atoms with van der Waals surface area (Å²) in [5.41, 5.74) is 11.1. The van der Waals surface area contributed by atoms with Crippen LogP contribution in [-0.2, 0) is 28.7 Å². The zero-order valence-corrected chi connectivity index (χ0v) is 18.9. The zero-order valence-electron chi connectivity index (χ0n) is 18.9. The fraction of sp³-hybridized carbons (Fsp3) is 0.714. The van der Waals surface area contributed by atoms with E-state index in [1.54, 1.807) is 0 Å². The van der Waals surface area contributed by atoms with E-state index in [0.29, 0.717) is 25.9 Å². The third-order valence-electron chi connectivity index (χ3n) is 4.05. The summed E-state index contributed by atoms with van der Waals surface area (Å²) < 4.78 is 9.80. The number of hydrogen-bond donors (Lipinski definition) is 4. The Morgan fingerprint density at radius 2 is 1.29 bits per heavy atom. The van der Waals surface area contributed by atoms with E-state index in [1.807, 2.05) is 27.7 Å². The van der Waals surface area contributed by atoms with Gasteiger partial charge in [0.05, 0.1) is 13.2 Å². The van der Waals surface area contributed by atoms with Gasteiger partial charge < -0.3 is 31.2 Å². The van der Waals surface area contributed by atoms with Crippen LogP contribution >= 0.6 is 0 Å². The molecule has 0 saturated heterocycles. The highest BCUT2D eigenvalue weighted by Gasteiger charge is 2.18. The van der Waals surface area contributed by atoms with Crippen LogP contribution in [0.25, 0.3) is 0 Å². The summed E-state index contributed by atoms with van der Waals surface area (Å²) in [6.45, 7) is 7.85. The average Bonchev–Trinajstić information content (AvgIpc) is 2.68. The Hall–Kier alpha value is -2.46. The van der Waals surface area contributed by atoms with Gasteiger partial charge in [0.2, 0.25) is 0 Å². The molecule has 0 aromatic heterocycles. The van der Waals surface area contributed by atoms with Crippen molar-refractivity contribution in [2.45, 2.75) is 71.9 Å². The molecule has 0 rings (SSSR count). The lowest BCUT2D eigenvalue weighted by Crippen LogP contribution is -2.37. The van der Waals surface area contributed by atoms with Crippen molar-refractivity contribution in [1.82, 2.24) is 0 Å². The van der Waals surface area contributed by atoms with Crippen molar-refractivity contribution >= 4 is 23.9 Å². The van der Waals surface area contributed by atoms with E-state index < -0.39 is 30.0 Å². The van der Waals surface area contributed by atoms with Crippen molar-refractivity contribution in [3.63, 3.8) is 0 Å². The number of esters is 2. The molecule has 2 atom stereocenters. The van der Waals surface area contributed by atoms with E-state index in [1.165, 1.54) is 6.08 Å². The van der Waals surface area contributed by atoms with Crippen molar-refractivity contribution in [1.29, 1.82) is 0 Å². The molecule has 0 unspecified atom stereocenters. The van der Waals surface area contributed by atoms with Gasteiger partial charge in [-0.05, 0) is 31.1 Å². The van der Waals surface area contributed by atoms with Crippen LogP contribution in [-0.4, -0.2) is 59.4 Å². The number of rotatable bonds is 14. The van der Waals surface area contributed by atoms with E-state index in [4.69, 9.17) is 31.2 Å². The summed E-state index contributed by atoms with van der Waals surface area (Å²) in [6, 6.07) is -1.19. The van der Waals surface area contributed by atoms with Gasteiger partial charge in [0.1, 0.15) is 12.1 Å². The van der Waals surface area contributed by atoms with Crippen molar-refractivity contribution in [3.8, 4) is 0 Å². The second kappa shape index (κ2) is 18.3. The third-order valence-corrected chi connectivity index (χ3v) is 4.05. The number of carboxylic acid groups (broad SMARTS) is 2. The van der Waals surface area contributed by atoms with Crippen LogP contribution in [0.1, 0.15) is 59.8 Å². The molecule has 0 heterocycles. The summed E-state index contributed by atoms with van der Waals surface area (Å²) in [5, 5.41) is 16.7. The SMILES string of the molecule is CC(C)[C@H](N)C(=O)OCC/C=C\C(=O)O.CC(C)[C@H](N)C(=O)OCCCCCC(=O)O. The number of ether oxygens (including phenoxy) is 2. The van der Waals surface area contributed by atoms with Crippen LogP contribution in [0, 0.1) is 11.8 Å². The number of aliphatic carboxylic acids is 2. The number of unbranched alkanes of at least 4 members (excludes halogenated alkanes) is 2. The van der Waals surface area contributed by atoms with Crippen LogP contribution in [0.5, 0.6) is 0 Å².